The van der Waals surface area contributed by atoms with Crippen molar-refractivity contribution in [2.24, 2.45) is 14.1 Å². The highest BCUT2D eigenvalue weighted by atomic mass is 35.5. The Morgan fingerprint density at radius 3 is 2.54 bits per heavy atom. The second kappa shape index (κ2) is 8.46. The average Bonchev–Trinajstić information content (AvgIpc) is 3.08. The van der Waals surface area contributed by atoms with Gasteiger partial charge in [-0.25, -0.2) is 9.78 Å². The van der Waals surface area contributed by atoms with Gasteiger partial charge in [0.15, 0.2) is 22.7 Å². The predicted octanol–water partition coefficient (Wildman–Crippen LogP) is -0.410. The van der Waals surface area contributed by atoms with Crippen LogP contribution < -0.4 is 16.6 Å². The van der Waals surface area contributed by atoms with Gasteiger partial charge in [0.05, 0.1) is 12.4 Å². The Morgan fingerprint density at radius 1 is 1.14 bits per heavy atom. The summed E-state index contributed by atoms with van der Waals surface area (Å²) in [6.45, 7) is 1.07. The van der Waals surface area contributed by atoms with Crippen molar-refractivity contribution >= 4 is 23.6 Å². The number of aryl methyl sites for hydroxylation is 1. The number of aliphatic hydroxyl groups is 1. The number of aromatic nitrogens is 4. The lowest BCUT2D eigenvalue weighted by atomic mass is 10.1. The number of aromatic hydroxyl groups is 2. The number of hydrogen-bond acceptors (Lipinski definition) is 7. The van der Waals surface area contributed by atoms with Gasteiger partial charge in [0.2, 0.25) is 0 Å². The van der Waals surface area contributed by atoms with Gasteiger partial charge < -0.3 is 25.2 Å². The molecule has 0 amide bonds. The number of benzene rings is 1. The summed E-state index contributed by atoms with van der Waals surface area (Å²) in [5.74, 6) is -0.542. The van der Waals surface area contributed by atoms with Gasteiger partial charge in [0.1, 0.15) is 0 Å². The van der Waals surface area contributed by atoms with E-state index < -0.39 is 17.4 Å². The average molecular weight is 412 g/mol. The van der Waals surface area contributed by atoms with Crippen molar-refractivity contribution in [2.45, 2.75) is 12.6 Å². The Kier molecular flexibility index (Phi) is 6.49. The molecule has 2 aromatic heterocycles. The second-order valence-corrected chi connectivity index (χ2v) is 6.28. The SMILES string of the molecule is Cl.Cn1c(=O)c2c(ncn2CCNCC(O)c2ccc(O)c(O)c2)n(C)c1=O. The van der Waals surface area contributed by atoms with E-state index in [1.54, 1.807) is 11.6 Å². The van der Waals surface area contributed by atoms with Crippen LogP contribution in [0.2, 0.25) is 0 Å². The lowest BCUT2D eigenvalue weighted by Gasteiger charge is -2.13. The van der Waals surface area contributed by atoms with Crippen LogP contribution in [0.5, 0.6) is 11.5 Å². The molecule has 28 heavy (non-hydrogen) atoms. The van der Waals surface area contributed by atoms with Gasteiger partial charge in [0, 0.05) is 33.7 Å². The van der Waals surface area contributed by atoms with Crippen molar-refractivity contribution in [1.82, 2.24) is 24.0 Å². The van der Waals surface area contributed by atoms with E-state index in [1.165, 1.54) is 36.1 Å². The largest absolute Gasteiger partial charge is 0.504 e. The van der Waals surface area contributed by atoms with Crippen LogP contribution in [0, 0.1) is 0 Å². The minimum atomic E-state index is -0.871. The highest BCUT2D eigenvalue weighted by Crippen LogP contribution is 2.27. The van der Waals surface area contributed by atoms with Crippen LogP contribution in [0.1, 0.15) is 11.7 Å². The summed E-state index contributed by atoms with van der Waals surface area (Å²) in [6, 6.07) is 4.13. The molecule has 3 aromatic rings. The molecule has 4 N–H and O–H groups in total. The molecule has 10 nitrogen and oxygen atoms in total. The number of imidazole rings is 1. The predicted molar refractivity (Wildman–Crippen MR) is 105 cm³/mol. The molecule has 0 spiro atoms. The van der Waals surface area contributed by atoms with E-state index in [4.69, 9.17) is 0 Å². The number of halogens is 1. The first-order valence-corrected chi connectivity index (χ1v) is 8.32. The smallest absolute Gasteiger partial charge is 0.332 e. The minimum Gasteiger partial charge on any atom is -0.504 e. The number of nitrogens with zero attached hydrogens (tertiary/aromatic N) is 4. The molecular formula is C17H22ClN5O5. The number of fused-ring (bicyclic) bond motifs is 1. The lowest BCUT2D eigenvalue weighted by Crippen LogP contribution is -2.37. The van der Waals surface area contributed by atoms with Crippen molar-refractivity contribution in [3.8, 4) is 11.5 Å². The van der Waals surface area contributed by atoms with E-state index in [1.807, 2.05) is 0 Å². The maximum atomic E-state index is 12.4. The molecule has 0 bridgehead atoms. The van der Waals surface area contributed by atoms with E-state index in [0.717, 1.165) is 4.57 Å². The van der Waals surface area contributed by atoms with E-state index in [9.17, 15) is 24.9 Å². The van der Waals surface area contributed by atoms with E-state index in [0.29, 0.717) is 29.8 Å². The van der Waals surface area contributed by atoms with Crippen molar-refractivity contribution < 1.29 is 15.3 Å². The normalized spacial score (nSPS) is 12.1. The van der Waals surface area contributed by atoms with Gasteiger partial charge in [-0.1, -0.05) is 6.07 Å². The Balaban J connectivity index is 0.00000280. The molecule has 0 aliphatic heterocycles. The zero-order valence-electron chi connectivity index (χ0n) is 15.4. The minimum absolute atomic E-state index is 0. The van der Waals surface area contributed by atoms with Crippen LogP contribution in [-0.4, -0.2) is 47.1 Å². The first-order chi connectivity index (χ1) is 12.8. The van der Waals surface area contributed by atoms with Crippen molar-refractivity contribution in [3.63, 3.8) is 0 Å². The number of hydrogen-bond donors (Lipinski definition) is 4. The maximum Gasteiger partial charge on any atom is 0.332 e. The van der Waals surface area contributed by atoms with Crippen molar-refractivity contribution in [1.29, 1.82) is 0 Å². The quantitative estimate of drug-likeness (QED) is 0.320. The highest BCUT2D eigenvalue weighted by molar-refractivity contribution is 5.85. The number of rotatable bonds is 6. The van der Waals surface area contributed by atoms with E-state index in [2.05, 4.69) is 10.3 Å². The molecule has 3 rings (SSSR count). The van der Waals surface area contributed by atoms with Crippen LogP contribution in [0.4, 0.5) is 0 Å². The summed E-state index contributed by atoms with van der Waals surface area (Å²) in [7, 11) is 2.98. The molecule has 11 heteroatoms. The molecule has 2 heterocycles. The van der Waals surface area contributed by atoms with Gasteiger partial charge in [-0.3, -0.25) is 13.9 Å². The number of nitrogens with one attached hydrogen (secondary N) is 1. The first kappa shape index (κ1) is 21.5. The Hall–Kier alpha value is -2.82. The summed E-state index contributed by atoms with van der Waals surface area (Å²) < 4.78 is 4.01. The van der Waals surface area contributed by atoms with E-state index in [-0.39, 0.29) is 30.5 Å². The van der Waals surface area contributed by atoms with Crippen molar-refractivity contribution in [3.05, 3.63) is 50.9 Å². The summed E-state index contributed by atoms with van der Waals surface area (Å²) in [4.78, 5) is 28.4. The Morgan fingerprint density at radius 2 is 1.86 bits per heavy atom. The maximum absolute atomic E-state index is 12.4. The fourth-order valence-electron chi connectivity index (χ4n) is 2.87. The third-order valence-corrected chi connectivity index (χ3v) is 4.47. The fourth-order valence-corrected chi connectivity index (χ4v) is 2.87. The molecule has 0 radical (unpaired) electrons. The van der Waals surface area contributed by atoms with Gasteiger partial charge >= 0.3 is 5.69 Å². The zero-order valence-corrected chi connectivity index (χ0v) is 16.2. The van der Waals surface area contributed by atoms with Crippen LogP contribution in [-0.2, 0) is 20.6 Å². The summed E-state index contributed by atoms with van der Waals surface area (Å²) in [5.41, 5.74) is 0.282. The molecule has 1 aromatic carbocycles. The third kappa shape index (κ3) is 3.88. The summed E-state index contributed by atoms with van der Waals surface area (Å²) in [5, 5.41) is 32.0. The number of aliphatic hydroxyl groups excluding tert-OH is 1. The first-order valence-electron chi connectivity index (χ1n) is 8.32. The molecule has 0 aliphatic carbocycles. The van der Waals surface area contributed by atoms with Gasteiger partial charge in [-0.2, -0.15) is 0 Å². The standard InChI is InChI=1S/C17H21N5O5.ClH/c1-20-15-14(16(26)21(2)17(20)27)22(9-19-15)6-5-18-8-13(25)10-3-4-11(23)12(24)7-10;/h3-4,7,9,13,18,23-25H,5-6,8H2,1-2H3;1H. The Labute approximate surface area is 165 Å². The summed E-state index contributed by atoms with van der Waals surface area (Å²) in [6.07, 6.45) is 0.631. The van der Waals surface area contributed by atoms with Crippen LogP contribution in [0.15, 0.2) is 34.1 Å². The number of phenolic OH excluding ortho intramolecular Hbond substituents is 2. The molecule has 1 atom stereocenters. The molecule has 1 unspecified atom stereocenters. The Bertz CT molecular complexity index is 1100. The monoisotopic (exact) mass is 411 g/mol. The zero-order chi connectivity index (χ0) is 19.7. The topological polar surface area (TPSA) is 135 Å². The summed E-state index contributed by atoms with van der Waals surface area (Å²) >= 11 is 0. The van der Waals surface area contributed by atoms with Gasteiger partial charge in [-0.15, -0.1) is 12.4 Å². The number of phenols is 2. The van der Waals surface area contributed by atoms with E-state index >= 15 is 0 Å². The van der Waals surface area contributed by atoms with Crippen LogP contribution >= 0.6 is 12.4 Å². The molecule has 0 saturated carbocycles. The third-order valence-electron chi connectivity index (χ3n) is 4.47. The van der Waals surface area contributed by atoms with Crippen molar-refractivity contribution in [2.75, 3.05) is 13.1 Å². The molecular weight excluding hydrogens is 390 g/mol. The lowest BCUT2D eigenvalue weighted by molar-refractivity contribution is 0.174. The van der Waals surface area contributed by atoms with Crippen LogP contribution in [0.25, 0.3) is 11.2 Å². The molecule has 0 aliphatic rings. The molecule has 0 saturated heterocycles. The van der Waals surface area contributed by atoms with Gasteiger partial charge in [0.25, 0.3) is 5.56 Å². The molecule has 0 fully saturated rings. The highest BCUT2D eigenvalue weighted by Gasteiger charge is 2.14. The van der Waals surface area contributed by atoms with Gasteiger partial charge in [-0.05, 0) is 17.7 Å². The fraction of sp³-hybridized carbons (Fsp3) is 0.353. The van der Waals surface area contributed by atoms with Crippen LogP contribution in [0.3, 0.4) is 0 Å². The second-order valence-electron chi connectivity index (χ2n) is 6.28. The molecule has 152 valence electrons.